The fourth-order valence-corrected chi connectivity index (χ4v) is 2.57. The van der Waals surface area contributed by atoms with E-state index in [4.69, 9.17) is 0 Å². The van der Waals surface area contributed by atoms with Crippen LogP contribution < -0.4 is 5.32 Å². The predicted octanol–water partition coefficient (Wildman–Crippen LogP) is 3.14. The largest absolute Gasteiger partial charge is 0.351 e. The Hall–Kier alpha value is -0.790. The van der Waals surface area contributed by atoms with Crippen molar-refractivity contribution in [2.24, 2.45) is 17.3 Å². The van der Waals surface area contributed by atoms with Gasteiger partial charge in [-0.25, -0.2) is 0 Å². The molecule has 0 aromatic rings. The molecule has 1 amide bonds. The van der Waals surface area contributed by atoms with Gasteiger partial charge in [0.05, 0.1) is 0 Å². The molecule has 2 unspecified atom stereocenters. The molecular formula is C14H25NO. The molecular weight excluding hydrogens is 198 g/mol. The molecule has 0 aliphatic heterocycles. The van der Waals surface area contributed by atoms with Crippen molar-refractivity contribution in [1.29, 1.82) is 0 Å². The molecule has 1 fully saturated rings. The summed E-state index contributed by atoms with van der Waals surface area (Å²) >= 11 is 0. The third-order valence-electron chi connectivity index (χ3n) is 2.91. The van der Waals surface area contributed by atoms with Crippen molar-refractivity contribution in [2.45, 2.75) is 53.0 Å². The normalized spacial score (nSPS) is 25.1. The Kier molecular flexibility index (Phi) is 3.51. The molecule has 0 bridgehead atoms. The van der Waals surface area contributed by atoms with Crippen LogP contribution in [0.4, 0.5) is 0 Å². The van der Waals surface area contributed by atoms with Gasteiger partial charge in [0.25, 0.3) is 0 Å². The number of nitrogens with one attached hydrogen (secondary N) is 1. The molecule has 2 atom stereocenters. The van der Waals surface area contributed by atoms with E-state index in [9.17, 15) is 4.79 Å². The van der Waals surface area contributed by atoms with E-state index in [1.54, 1.807) is 0 Å². The number of carbonyl (C=O) groups is 1. The van der Waals surface area contributed by atoms with Gasteiger partial charge in [0.15, 0.2) is 0 Å². The molecule has 0 heterocycles. The van der Waals surface area contributed by atoms with Gasteiger partial charge in [-0.3, -0.25) is 4.79 Å². The summed E-state index contributed by atoms with van der Waals surface area (Å²) in [6.07, 6.45) is 3.85. The van der Waals surface area contributed by atoms with E-state index in [1.165, 1.54) is 0 Å². The van der Waals surface area contributed by atoms with Gasteiger partial charge in [-0.2, -0.15) is 0 Å². The van der Waals surface area contributed by atoms with Crippen LogP contribution in [-0.2, 0) is 4.79 Å². The molecule has 1 aliphatic rings. The van der Waals surface area contributed by atoms with Crippen LogP contribution in [0.1, 0.15) is 47.5 Å². The van der Waals surface area contributed by atoms with E-state index < -0.39 is 0 Å². The molecule has 1 saturated carbocycles. The maximum Gasteiger partial charge on any atom is 0.224 e. The van der Waals surface area contributed by atoms with Crippen molar-refractivity contribution < 1.29 is 4.79 Å². The number of carbonyl (C=O) groups excluding carboxylic acids is 1. The molecule has 1 rings (SSSR count). The van der Waals surface area contributed by atoms with E-state index in [2.05, 4.69) is 46.5 Å². The van der Waals surface area contributed by atoms with Crippen molar-refractivity contribution in [2.75, 3.05) is 0 Å². The van der Waals surface area contributed by atoms with Gasteiger partial charge in [0, 0.05) is 11.5 Å². The Bertz CT molecular complexity index is 286. The average molecular weight is 223 g/mol. The second kappa shape index (κ2) is 4.23. The van der Waals surface area contributed by atoms with Gasteiger partial charge in [-0.05, 0) is 38.0 Å². The minimum Gasteiger partial charge on any atom is -0.351 e. The lowest BCUT2D eigenvalue weighted by Gasteiger charge is -2.33. The van der Waals surface area contributed by atoms with Crippen LogP contribution in [-0.4, -0.2) is 11.4 Å². The first kappa shape index (κ1) is 13.3. The fourth-order valence-electron chi connectivity index (χ4n) is 2.57. The van der Waals surface area contributed by atoms with Gasteiger partial charge in [0.1, 0.15) is 0 Å². The summed E-state index contributed by atoms with van der Waals surface area (Å²) in [5, 5.41) is 3.15. The third-order valence-corrected chi connectivity index (χ3v) is 2.91. The first-order valence-electron chi connectivity index (χ1n) is 6.09. The second-order valence-corrected chi connectivity index (χ2v) is 6.85. The second-order valence-electron chi connectivity index (χ2n) is 6.85. The molecule has 2 nitrogen and oxygen atoms in total. The quantitative estimate of drug-likeness (QED) is 0.729. The molecule has 0 spiro atoms. The highest BCUT2D eigenvalue weighted by molar-refractivity contribution is 5.82. The Morgan fingerprint density at radius 2 is 1.94 bits per heavy atom. The molecule has 16 heavy (non-hydrogen) atoms. The van der Waals surface area contributed by atoms with Crippen LogP contribution in [0.25, 0.3) is 0 Å². The van der Waals surface area contributed by atoms with Crippen LogP contribution in [0.3, 0.4) is 0 Å². The van der Waals surface area contributed by atoms with Gasteiger partial charge in [-0.15, -0.1) is 6.58 Å². The maximum atomic E-state index is 11.9. The van der Waals surface area contributed by atoms with Crippen molar-refractivity contribution in [3.63, 3.8) is 0 Å². The minimum absolute atomic E-state index is 0.121. The Morgan fingerprint density at radius 1 is 1.38 bits per heavy atom. The van der Waals surface area contributed by atoms with E-state index in [1.807, 2.05) is 6.08 Å². The monoisotopic (exact) mass is 223 g/mol. The SMILES string of the molecule is C=CC1CC1C(=O)NC(C)(C)CC(C)(C)C. The number of allylic oxidation sites excluding steroid dienone is 1. The van der Waals surface area contributed by atoms with Gasteiger partial charge in [0.2, 0.25) is 5.91 Å². The first-order chi connectivity index (χ1) is 7.14. The minimum atomic E-state index is -0.121. The third kappa shape index (κ3) is 3.99. The zero-order valence-electron chi connectivity index (χ0n) is 11.3. The number of hydrogen-bond acceptors (Lipinski definition) is 1. The topological polar surface area (TPSA) is 29.1 Å². The summed E-state index contributed by atoms with van der Waals surface area (Å²) in [4.78, 5) is 11.9. The summed E-state index contributed by atoms with van der Waals surface area (Å²) in [5.74, 6) is 0.779. The van der Waals surface area contributed by atoms with E-state index in [-0.39, 0.29) is 22.8 Å². The zero-order valence-corrected chi connectivity index (χ0v) is 11.3. The van der Waals surface area contributed by atoms with Crippen LogP contribution in [0.15, 0.2) is 12.7 Å². The average Bonchev–Trinajstić information content (AvgIpc) is 2.75. The lowest BCUT2D eigenvalue weighted by atomic mass is 9.81. The molecule has 0 aromatic heterocycles. The van der Waals surface area contributed by atoms with Crippen LogP contribution in [0, 0.1) is 17.3 Å². The number of hydrogen-bond donors (Lipinski definition) is 1. The molecule has 92 valence electrons. The molecule has 0 aromatic carbocycles. The van der Waals surface area contributed by atoms with Crippen LogP contribution in [0.2, 0.25) is 0 Å². The summed E-state index contributed by atoms with van der Waals surface area (Å²) in [7, 11) is 0. The smallest absolute Gasteiger partial charge is 0.224 e. The summed E-state index contributed by atoms with van der Waals surface area (Å²) < 4.78 is 0. The van der Waals surface area contributed by atoms with E-state index in [0.717, 1.165) is 12.8 Å². The fraction of sp³-hybridized carbons (Fsp3) is 0.786. The molecule has 1 N–H and O–H groups in total. The zero-order chi connectivity index (χ0) is 12.6. The predicted molar refractivity (Wildman–Crippen MR) is 68.1 cm³/mol. The van der Waals surface area contributed by atoms with Gasteiger partial charge in [-0.1, -0.05) is 26.8 Å². The van der Waals surface area contributed by atoms with Gasteiger partial charge < -0.3 is 5.32 Å². The number of amides is 1. The molecule has 1 aliphatic carbocycles. The van der Waals surface area contributed by atoms with Crippen LogP contribution in [0.5, 0.6) is 0 Å². The lowest BCUT2D eigenvalue weighted by Crippen LogP contribution is -2.46. The Labute approximate surface area is 99.5 Å². The summed E-state index contributed by atoms with van der Waals surface area (Å²) in [6, 6.07) is 0. The van der Waals surface area contributed by atoms with Crippen molar-refractivity contribution in [3.05, 3.63) is 12.7 Å². The lowest BCUT2D eigenvalue weighted by molar-refractivity contribution is -0.124. The van der Waals surface area contributed by atoms with Gasteiger partial charge >= 0.3 is 0 Å². The van der Waals surface area contributed by atoms with Crippen molar-refractivity contribution in [3.8, 4) is 0 Å². The molecule has 0 saturated heterocycles. The first-order valence-corrected chi connectivity index (χ1v) is 6.09. The molecule has 2 heteroatoms. The standard InChI is InChI=1S/C14H25NO/c1-7-10-8-11(10)12(16)15-14(5,6)9-13(2,3)4/h7,10-11H,1,8-9H2,2-6H3,(H,15,16). The Morgan fingerprint density at radius 3 is 2.31 bits per heavy atom. The van der Waals surface area contributed by atoms with Crippen molar-refractivity contribution >= 4 is 5.91 Å². The number of rotatable bonds is 4. The van der Waals surface area contributed by atoms with Crippen LogP contribution >= 0.6 is 0 Å². The summed E-state index contributed by atoms with van der Waals surface area (Å²) in [6.45, 7) is 14.5. The van der Waals surface area contributed by atoms with Crippen molar-refractivity contribution in [1.82, 2.24) is 5.32 Å². The highest BCUT2D eigenvalue weighted by atomic mass is 16.2. The summed E-state index contributed by atoms with van der Waals surface area (Å²) in [5.41, 5.74) is 0.113. The Balaban J connectivity index is 2.47. The molecule has 0 radical (unpaired) electrons. The highest BCUT2D eigenvalue weighted by Gasteiger charge is 2.42. The van der Waals surface area contributed by atoms with E-state index in [0.29, 0.717) is 5.92 Å². The van der Waals surface area contributed by atoms with E-state index >= 15 is 0 Å². The highest BCUT2D eigenvalue weighted by Crippen LogP contribution is 2.40. The maximum absolute atomic E-state index is 11.9.